The van der Waals surface area contributed by atoms with Crippen LogP contribution < -0.4 is 5.69 Å². The summed E-state index contributed by atoms with van der Waals surface area (Å²) in [4.78, 5) is 14.8. The summed E-state index contributed by atoms with van der Waals surface area (Å²) in [5.74, 6) is 0. The first-order chi connectivity index (χ1) is 10.3. The molecule has 0 fully saturated rings. The summed E-state index contributed by atoms with van der Waals surface area (Å²) in [5.41, 5.74) is 2.47. The van der Waals surface area contributed by atoms with E-state index >= 15 is 0 Å². The predicted octanol–water partition coefficient (Wildman–Crippen LogP) is 0.546. The molecule has 0 saturated heterocycles. The first-order valence-electron chi connectivity index (χ1n) is 6.95. The number of fused-ring (bicyclic) bond motifs is 1. The molecule has 0 spiro atoms. The van der Waals surface area contributed by atoms with Crippen LogP contribution in [0.25, 0.3) is 11.0 Å². The zero-order valence-electron chi connectivity index (χ0n) is 11.6. The number of hydrogen-bond acceptors (Lipinski definition) is 4. The molecule has 21 heavy (non-hydrogen) atoms. The molecule has 0 atom stereocenters. The summed E-state index contributed by atoms with van der Waals surface area (Å²) in [5, 5.41) is 16.8. The Morgan fingerprint density at radius 3 is 2.95 bits per heavy atom. The first-order valence-corrected chi connectivity index (χ1v) is 6.95. The van der Waals surface area contributed by atoms with Gasteiger partial charge in [-0.1, -0.05) is 17.3 Å². The number of para-hydroxylation sites is 2. The fraction of sp³-hybridized carbons (Fsp3) is 0.357. The van der Waals surface area contributed by atoms with E-state index in [1.54, 1.807) is 9.25 Å². The Morgan fingerprint density at radius 1 is 1.24 bits per heavy atom. The summed E-state index contributed by atoms with van der Waals surface area (Å²) in [6.45, 7) is 1.38. The molecular formula is C14H17N5O2. The molecule has 3 aromatic rings. The SMILES string of the molecule is O=c1[nH]c2ccccc2n1CCCn1cc(CCO)nn1. The third-order valence-electron chi connectivity index (χ3n) is 3.40. The van der Waals surface area contributed by atoms with Crippen LogP contribution in [-0.4, -0.2) is 36.3 Å². The Hall–Kier alpha value is -2.41. The Kier molecular flexibility index (Phi) is 3.83. The van der Waals surface area contributed by atoms with Crippen molar-refractivity contribution < 1.29 is 5.11 Å². The quantitative estimate of drug-likeness (QED) is 0.693. The molecule has 110 valence electrons. The normalized spacial score (nSPS) is 11.3. The molecule has 0 saturated carbocycles. The van der Waals surface area contributed by atoms with Crippen molar-refractivity contribution in [3.05, 3.63) is 46.6 Å². The summed E-state index contributed by atoms with van der Waals surface area (Å²) in [7, 11) is 0. The van der Waals surface area contributed by atoms with E-state index in [0.717, 1.165) is 23.1 Å². The predicted molar refractivity (Wildman–Crippen MR) is 78.0 cm³/mol. The number of benzene rings is 1. The Labute approximate surface area is 120 Å². The minimum atomic E-state index is -0.0873. The number of aromatic nitrogens is 5. The number of aliphatic hydroxyl groups is 1. The van der Waals surface area contributed by atoms with Crippen molar-refractivity contribution in [1.82, 2.24) is 24.5 Å². The van der Waals surface area contributed by atoms with Crippen molar-refractivity contribution in [2.45, 2.75) is 25.9 Å². The van der Waals surface area contributed by atoms with Gasteiger partial charge in [0, 0.05) is 32.3 Å². The lowest BCUT2D eigenvalue weighted by molar-refractivity contribution is 0.298. The highest BCUT2D eigenvalue weighted by atomic mass is 16.3. The Morgan fingerprint density at radius 2 is 2.10 bits per heavy atom. The lowest BCUT2D eigenvalue weighted by Crippen LogP contribution is -2.17. The van der Waals surface area contributed by atoms with Gasteiger partial charge in [0.2, 0.25) is 0 Å². The van der Waals surface area contributed by atoms with Gasteiger partial charge in [0.15, 0.2) is 0 Å². The van der Waals surface area contributed by atoms with Gasteiger partial charge >= 0.3 is 5.69 Å². The van der Waals surface area contributed by atoms with Crippen molar-refractivity contribution >= 4 is 11.0 Å². The molecule has 7 heteroatoms. The van der Waals surface area contributed by atoms with E-state index in [4.69, 9.17) is 5.11 Å². The molecule has 2 N–H and O–H groups in total. The van der Waals surface area contributed by atoms with Crippen molar-refractivity contribution in [3.63, 3.8) is 0 Å². The molecule has 0 aliphatic rings. The van der Waals surface area contributed by atoms with Crippen LogP contribution in [0.5, 0.6) is 0 Å². The lowest BCUT2D eigenvalue weighted by Gasteiger charge is -2.03. The maximum Gasteiger partial charge on any atom is 0.326 e. The molecule has 7 nitrogen and oxygen atoms in total. The second kappa shape index (κ2) is 5.92. The summed E-state index contributed by atoms with van der Waals surface area (Å²) in [6.07, 6.45) is 3.12. The van der Waals surface area contributed by atoms with Gasteiger partial charge in [-0.3, -0.25) is 9.25 Å². The average molecular weight is 287 g/mol. The summed E-state index contributed by atoms with van der Waals surface area (Å²) in [6, 6.07) is 7.65. The minimum absolute atomic E-state index is 0.0728. The second-order valence-corrected chi connectivity index (χ2v) is 4.90. The van der Waals surface area contributed by atoms with Gasteiger partial charge in [-0.2, -0.15) is 0 Å². The molecule has 0 aliphatic carbocycles. The van der Waals surface area contributed by atoms with E-state index in [9.17, 15) is 4.79 Å². The lowest BCUT2D eigenvalue weighted by atomic mass is 10.3. The summed E-state index contributed by atoms with van der Waals surface area (Å²) < 4.78 is 3.48. The molecule has 0 aliphatic heterocycles. The second-order valence-electron chi connectivity index (χ2n) is 4.90. The largest absolute Gasteiger partial charge is 0.396 e. The molecular weight excluding hydrogens is 270 g/mol. The molecule has 0 radical (unpaired) electrons. The molecule has 2 aromatic heterocycles. The number of hydrogen-bond donors (Lipinski definition) is 2. The minimum Gasteiger partial charge on any atom is -0.396 e. The van der Waals surface area contributed by atoms with Crippen LogP contribution in [-0.2, 0) is 19.5 Å². The topological polar surface area (TPSA) is 88.7 Å². The number of aryl methyl sites for hydroxylation is 2. The monoisotopic (exact) mass is 287 g/mol. The zero-order chi connectivity index (χ0) is 14.7. The first kappa shape index (κ1) is 13.6. The van der Waals surface area contributed by atoms with Crippen LogP contribution in [0.2, 0.25) is 0 Å². The van der Waals surface area contributed by atoms with Gasteiger partial charge in [0.05, 0.1) is 16.7 Å². The molecule has 1 aromatic carbocycles. The average Bonchev–Trinajstić information content (AvgIpc) is 3.05. The number of nitrogens with one attached hydrogen (secondary N) is 1. The van der Waals surface area contributed by atoms with E-state index in [2.05, 4.69) is 15.3 Å². The number of imidazole rings is 1. The van der Waals surface area contributed by atoms with E-state index in [1.165, 1.54) is 0 Å². The maximum absolute atomic E-state index is 11.9. The third-order valence-corrected chi connectivity index (χ3v) is 3.40. The number of aromatic amines is 1. The zero-order valence-corrected chi connectivity index (χ0v) is 11.6. The van der Waals surface area contributed by atoms with Crippen molar-refractivity contribution in [2.75, 3.05) is 6.61 Å². The summed E-state index contributed by atoms with van der Waals surface area (Å²) >= 11 is 0. The highest BCUT2D eigenvalue weighted by Gasteiger charge is 2.06. The molecule has 3 rings (SSSR count). The molecule has 0 bridgehead atoms. The highest BCUT2D eigenvalue weighted by Crippen LogP contribution is 2.09. The van der Waals surface area contributed by atoms with E-state index in [0.29, 0.717) is 19.5 Å². The van der Waals surface area contributed by atoms with Crippen molar-refractivity contribution in [1.29, 1.82) is 0 Å². The molecule has 2 heterocycles. The van der Waals surface area contributed by atoms with E-state index in [-0.39, 0.29) is 12.3 Å². The van der Waals surface area contributed by atoms with Crippen LogP contribution in [0.4, 0.5) is 0 Å². The smallest absolute Gasteiger partial charge is 0.326 e. The highest BCUT2D eigenvalue weighted by molar-refractivity contribution is 5.74. The number of rotatable bonds is 6. The van der Waals surface area contributed by atoms with Crippen LogP contribution in [0.3, 0.4) is 0 Å². The van der Waals surface area contributed by atoms with Crippen molar-refractivity contribution in [3.8, 4) is 0 Å². The van der Waals surface area contributed by atoms with Gasteiger partial charge < -0.3 is 10.1 Å². The van der Waals surface area contributed by atoms with Gasteiger partial charge in [0.25, 0.3) is 0 Å². The van der Waals surface area contributed by atoms with Gasteiger partial charge in [0.1, 0.15) is 0 Å². The Bertz CT molecular complexity index is 786. The van der Waals surface area contributed by atoms with Crippen LogP contribution in [0, 0.1) is 0 Å². The fourth-order valence-corrected chi connectivity index (χ4v) is 2.40. The molecule has 0 amide bonds. The third kappa shape index (κ3) is 2.87. The number of aliphatic hydroxyl groups excluding tert-OH is 1. The van der Waals surface area contributed by atoms with Crippen molar-refractivity contribution in [2.24, 2.45) is 0 Å². The fourth-order valence-electron chi connectivity index (χ4n) is 2.40. The van der Waals surface area contributed by atoms with Crippen LogP contribution in [0.15, 0.2) is 35.3 Å². The standard InChI is InChI=1S/C14H17N5O2/c20-9-6-11-10-18(17-16-11)7-3-8-19-13-5-2-1-4-12(13)15-14(19)21/h1-2,4-5,10,20H,3,6-9H2,(H,15,21). The number of H-pyrrole nitrogens is 1. The Balaban J connectivity index is 1.66. The van der Waals surface area contributed by atoms with E-state index in [1.807, 2.05) is 30.5 Å². The number of nitrogens with zero attached hydrogens (tertiary/aromatic N) is 4. The molecule has 0 unspecified atom stereocenters. The van der Waals surface area contributed by atoms with Crippen LogP contribution >= 0.6 is 0 Å². The maximum atomic E-state index is 11.9. The van der Waals surface area contributed by atoms with Gasteiger partial charge in [-0.25, -0.2) is 4.79 Å². The van der Waals surface area contributed by atoms with Gasteiger partial charge in [-0.05, 0) is 18.6 Å². The van der Waals surface area contributed by atoms with Crippen LogP contribution in [0.1, 0.15) is 12.1 Å². The van der Waals surface area contributed by atoms with E-state index < -0.39 is 0 Å². The van der Waals surface area contributed by atoms with Gasteiger partial charge in [-0.15, -0.1) is 5.10 Å².